The number of hydrogen-bond donors (Lipinski definition) is 3. The van der Waals surface area contributed by atoms with Crippen LogP contribution in [0.4, 0.5) is 5.69 Å². The third-order valence-electron chi connectivity index (χ3n) is 6.71. The second kappa shape index (κ2) is 9.19. The van der Waals surface area contributed by atoms with Crippen molar-refractivity contribution in [1.82, 2.24) is 14.8 Å². The number of ether oxygens (including phenoxy) is 1. The average Bonchev–Trinajstić information content (AvgIpc) is 3.22. The Hall–Kier alpha value is -3.24. The molecule has 0 bridgehead atoms. The number of aromatic amines is 1. The van der Waals surface area contributed by atoms with Gasteiger partial charge in [0.1, 0.15) is 6.04 Å². The number of para-hydroxylation sites is 1. The average molecular weight is 465 g/mol. The van der Waals surface area contributed by atoms with Gasteiger partial charge < -0.3 is 24.7 Å². The maximum absolute atomic E-state index is 13.6. The molecule has 3 heterocycles. The monoisotopic (exact) mass is 464 g/mol. The molecule has 3 N–H and O–H groups in total. The predicted octanol–water partition coefficient (Wildman–Crippen LogP) is 1.68. The van der Waals surface area contributed by atoms with E-state index < -0.39 is 17.3 Å². The van der Waals surface area contributed by atoms with Gasteiger partial charge in [0.25, 0.3) is 0 Å². The minimum atomic E-state index is -1.03. The van der Waals surface area contributed by atoms with Crippen LogP contribution in [0.3, 0.4) is 0 Å². The molecule has 0 saturated carbocycles. The lowest BCUT2D eigenvalue weighted by Gasteiger charge is -2.47. The van der Waals surface area contributed by atoms with Crippen LogP contribution in [0.25, 0.3) is 10.9 Å². The van der Waals surface area contributed by atoms with Crippen LogP contribution < -0.4 is 5.23 Å². The number of fused-ring (bicyclic) bond motifs is 4. The lowest BCUT2D eigenvalue weighted by atomic mass is 9.86. The zero-order chi connectivity index (χ0) is 23.8. The molecule has 0 aliphatic carbocycles. The van der Waals surface area contributed by atoms with Gasteiger partial charge in [-0.25, -0.2) is 5.21 Å². The first-order chi connectivity index (χ1) is 16.5. The third kappa shape index (κ3) is 3.86. The van der Waals surface area contributed by atoms with Crippen molar-refractivity contribution in [3.63, 3.8) is 0 Å². The molecule has 5 rings (SSSR count). The quantitative estimate of drug-likeness (QED) is 0.364. The number of H-pyrrole nitrogens is 1. The maximum atomic E-state index is 13.6. The van der Waals surface area contributed by atoms with E-state index in [9.17, 15) is 20.0 Å². The molecule has 3 aromatic rings. The van der Waals surface area contributed by atoms with Crippen molar-refractivity contribution in [3.05, 3.63) is 70.6 Å². The molecule has 2 aliphatic heterocycles. The minimum Gasteiger partial charge on any atom is -0.595 e. The van der Waals surface area contributed by atoms with Crippen LogP contribution >= 0.6 is 0 Å². The molecule has 1 aromatic heterocycles. The number of quaternary nitrogens is 1. The molecule has 2 aromatic carbocycles. The number of carbonyl (C=O) groups excluding carboxylic acids is 2. The second-order valence-electron chi connectivity index (χ2n) is 8.73. The Bertz CT molecular complexity index is 1220. The molecule has 178 valence electrons. The molecule has 3 atom stereocenters. The van der Waals surface area contributed by atoms with E-state index in [1.807, 2.05) is 37.3 Å². The Kier molecular flexibility index (Phi) is 6.09. The fourth-order valence-electron chi connectivity index (χ4n) is 5.20. The summed E-state index contributed by atoms with van der Waals surface area (Å²) in [5.41, 5.74) is 3.58. The van der Waals surface area contributed by atoms with Crippen molar-refractivity contribution in [3.8, 4) is 0 Å². The van der Waals surface area contributed by atoms with Crippen LogP contribution in [0.1, 0.15) is 36.2 Å². The van der Waals surface area contributed by atoms with Gasteiger partial charge in [-0.3, -0.25) is 9.59 Å². The first-order valence-corrected chi connectivity index (χ1v) is 11.6. The SMILES string of the molecule is CCOCCCN1CC(=O)N2C(c3cccc([NH+]([O-])O)c3)c3[nH]c4ccccc4c3C[C@H]2C1=O. The molecule has 2 aliphatic rings. The first-order valence-electron chi connectivity index (χ1n) is 11.6. The summed E-state index contributed by atoms with van der Waals surface area (Å²) in [5.74, 6) is -0.220. The van der Waals surface area contributed by atoms with Gasteiger partial charge in [0, 0.05) is 54.9 Å². The van der Waals surface area contributed by atoms with Crippen LogP contribution in [-0.4, -0.2) is 64.2 Å². The fourth-order valence-corrected chi connectivity index (χ4v) is 5.20. The summed E-state index contributed by atoms with van der Waals surface area (Å²) >= 11 is 0. The molecular formula is C25H28N4O5. The number of nitrogens with zero attached hydrogens (tertiary/aromatic N) is 2. The van der Waals surface area contributed by atoms with Crippen molar-refractivity contribution in [2.75, 3.05) is 26.3 Å². The Labute approximate surface area is 197 Å². The number of benzene rings is 2. The highest BCUT2D eigenvalue weighted by atomic mass is 16.8. The van der Waals surface area contributed by atoms with Crippen LogP contribution in [0.5, 0.6) is 0 Å². The van der Waals surface area contributed by atoms with Crippen LogP contribution in [0, 0.1) is 5.21 Å². The number of rotatable bonds is 7. The summed E-state index contributed by atoms with van der Waals surface area (Å²) in [4.78, 5) is 33.8. The van der Waals surface area contributed by atoms with Gasteiger partial charge in [-0.2, -0.15) is 5.23 Å². The number of amides is 2. The van der Waals surface area contributed by atoms with E-state index in [-0.39, 0.29) is 24.0 Å². The van der Waals surface area contributed by atoms with Crippen molar-refractivity contribution in [2.45, 2.75) is 31.8 Å². The summed E-state index contributed by atoms with van der Waals surface area (Å²) < 4.78 is 5.40. The predicted molar refractivity (Wildman–Crippen MR) is 124 cm³/mol. The lowest BCUT2D eigenvalue weighted by Crippen LogP contribution is -2.99. The Morgan fingerprint density at radius 3 is 2.82 bits per heavy atom. The van der Waals surface area contributed by atoms with Crippen LogP contribution in [0.2, 0.25) is 0 Å². The van der Waals surface area contributed by atoms with Crippen LogP contribution in [0.15, 0.2) is 48.5 Å². The standard InChI is InChI=1S/C25H28N4O5/c1-2-34-12-6-11-27-15-22(30)28-21(25(27)31)14-19-18-9-3-4-10-20(18)26-23(19)24(28)16-7-5-8-17(13-16)29(32)33/h3-5,7-10,13,21,24,26,29,32H,2,6,11-12,14-15H2,1H3/t21-,24?/m0/s1. The second-order valence-corrected chi connectivity index (χ2v) is 8.73. The van der Waals surface area contributed by atoms with Crippen molar-refractivity contribution in [2.24, 2.45) is 0 Å². The first kappa shape index (κ1) is 22.5. The van der Waals surface area contributed by atoms with E-state index in [0.717, 1.165) is 22.2 Å². The number of nitrogens with one attached hydrogen (secondary N) is 2. The summed E-state index contributed by atoms with van der Waals surface area (Å²) in [7, 11) is 0. The van der Waals surface area contributed by atoms with E-state index in [1.54, 1.807) is 21.9 Å². The highest BCUT2D eigenvalue weighted by Gasteiger charge is 2.48. The molecular weight excluding hydrogens is 436 g/mol. The van der Waals surface area contributed by atoms with Crippen molar-refractivity contribution in [1.29, 1.82) is 0 Å². The molecule has 0 radical (unpaired) electrons. The minimum absolute atomic E-state index is 0.00609. The summed E-state index contributed by atoms with van der Waals surface area (Å²) in [6.07, 6.45) is 1.09. The molecule has 9 heteroatoms. The number of hydrogen-bond acceptors (Lipinski definition) is 5. The summed E-state index contributed by atoms with van der Waals surface area (Å²) in [5, 5.41) is 21.2. The zero-order valence-electron chi connectivity index (χ0n) is 19.0. The van der Waals surface area contributed by atoms with Crippen molar-refractivity contribution >= 4 is 28.4 Å². The van der Waals surface area contributed by atoms with Gasteiger partial charge >= 0.3 is 0 Å². The normalized spacial score (nSPS) is 21.0. The molecule has 0 spiro atoms. The van der Waals surface area contributed by atoms with E-state index in [0.29, 0.717) is 38.2 Å². The fraction of sp³-hybridized carbons (Fsp3) is 0.360. The highest BCUT2D eigenvalue weighted by Crippen LogP contribution is 2.42. The zero-order valence-corrected chi connectivity index (χ0v) is 19.0. The van der Waals surface area contributed by atoms with Gasteiger partial charge in [0.15, 0.2) is 5.69 Å². The summed E-state index contributed by atoms with van der Waals surface area (Å²) in [6, 6.07) is 13.3. The molecule has 2 unspecified atom stereocenters. The van der Waals surface area contributed by atoms with Crippen LogP contribution in [-0.2, 0) is 20.7 Å². The van der Waals surface area contributed by atoms with Gasteiger partial charge in [-0.1, -0.05) is 30.3 Å². The Balaban J connectivity index is 1.58. The van der Waals surface area contributed by atoms with E-state index in [1.165, 1.54) is 6.07 Å². The highest BCUT2D eigenvalue weighted by molar-refractivity contribution is 5.97. The number of aromatic nitrogens is 1. The van der Waals surface area contributed by atoms with Crippen molar-refractivity contribution < 1.29 is 24.8 Å². The maximum Gasteiger partial charge on any atom is 0.246 e. The largest absolute Gasteiger partial charge is 0.595 e. The number of piperazine rings is 1. The Morgan fingerprint density at radius 1 is 1.21 bits per heavy atom. The summed E-state index contributed by atoms with van der Waals surface area (Å²) in [6.45, 7) is 3.55. The molecule has 9 nitrogen and oxygen atoms in total. The smallest absolute Gasteiger partial charge is 0.246 e. The molecule has 34 heavy (non-hydrogen) atoms. The lowest BCUT2D eigenvalue weighted by molar-refractivity contribution is -0.991. The van der Waals surface area contributed by atoms with E-state index >= 15 is 0 Å². The van der Waals surface area contributed by atoms with Gasteiger partial charge in [-0.15, -0.1) is 0 Å². The molecule has 2 amide bonds. The molecule has 1 fully saturated rings. The van der Waals surface area contributed by atoms with E-state index in [4.69, 9.17) is 4.74 Å². The van der Waals surface area contributed by atoms with Gasteiger partial charge in [0.2, 0.25) is 11.8 Å². The molecule has 1 saturated heterocycles. The van der Waals surface area contributed by atoms with E-state index in [2.05, 4.69) is 4.98 Å². The topological polar surface area (TPSA) is 113 Å². The third-order valence-corrected chi connectivity index (χ3v) is 6.71. The van der Waals surface area contributed by atoms with Gasteiger partial charge in [-0.05, 0) is 30.5 Å². The number of carbonyl (C=O) groups is 2. The Morgan fingerprint density at radius 2 is 2.03 bits per heavy atom. The van der Waals surface area contributed by atoms with Gasteiger partial charge in [0.05, 0.1) is 12.6 Å².